The Labute approximate surface area is 116 Å². The van der Waals surface area contributed by atoms with Gasteiger partial charge in [0.05, 0.1) is 11.0 Å². The highest BCUT2D eigenvalue weighted by Crippen LogP contribution is 2.26. The van der Waals surface area contributed by atoms with Crippen molar-refractivity contribution in [1.29, 1.82) is 0 Å². The SMILES string of the molecule is CC[C@@](C)(O[Si](C)(C)[C@@H](C)O[Si](C)(C)C)[Si](C)=O. The highest BCUT2D eigenvalue weighted by atomic mass is 28.4. The smallest absolute Gasteiger partial charge is 0.305 e. The number of hydrogen-bond acceptors (Lipinski definition) is 3. The molecule has 0 bridgehead atoms. The monoisotopic (exact) mass is 306 g/mol. The van der Waals surface area contributed by atoms with E-state index in [2.05, 4.69) is 39.7 Å². The Kier molecular flexibility index (Phi) is 6.34. The third kappa shape index (κ3) is 5.56. The maximum Gasteiger partial charge on any atom is 0.305 e. The molecular formula is C12H30O3Si3. The lowest BCUT2D eigenvalue weighted by Gasteiger charge is -2.40. The minimum absolute atomic E-state index is 0.136. The normalized spacial score (nSPS) is 18.3. The molecule has 6 heteroatoms. The van der Waals surface area contributed by atoms with Crippen molar-refractivity contribution in [3.8, 4) is 0 Å². The summed E-state index contributed by atoms with van der Waals surface area (Å²) in [5, 5.41) is -0.475. The molecule has 0 aliphatic heterocycles. The molecule has 0 spiro atoms. The van der Waals surface area contributed by atoms with E-state index in [4.69, 9.17) is 8.85 Å². The average molecular weight is 307 g/mol. The standard InChI is InChI=1S/C12H30O3Si3/c1-10-12(3,16(4)13)15-18(8,9)11(2)14-17(5,6)7/h11H,10H2,1-9H3/t11-,12-/m0/s1. The molecule has 0 rings (SSSR count). The minimum atomic E-state index is -2.00. The summed E-state index contributed by atoms with van der Waals surface area (Å²) < 4.78 is 24.4. The molecule has 0 amide bonds. The zero-order valence-corrected chi connectivity index (χ0v) is 16.5. The summed E-state index contributed by atoms with van der Waals surface area (Å²) >= 11 is 0. The molecule has 0 N–H and O–H groups in total. The molecule has 0 saturated heterocycles. The zero-order chi connectivity index (χ0) is 14.8. The van der Waals surface area contributed by atoms with Crippen molar-refractivity contribution < 1.29 is 13.3 Å². The first-order valence-electron chi connectivity index (χ1n) is 6.73. The van der Waals surface area contributed by atoms with E-state index in [-0.39, 0.29) is 5.73 Å². The Morgan fingerprint density at radius 1 is 1.22 bits per heavy atom. The van der Waals surface area contributed by atoms with Gasteiger partial charge in [0, 0.05) is 0 Å². The Morgan fingerprint density at radius 3 is 1.94 bits per heavy atom. The second-order valence-electron chi connectivity index (χ2n) is 6.72. The molecule has 0 radical (unpaired) electrons. The van der Waals surface area contributed by atoms with Crippen LogP contribution in [0.25, 0.3) is 0 Å². The largest absolute Gasteiger partial charge is 0.415 e. The number of hydrogen-bond donors (Lipinski definition) is 0. The van der Waals surface area contributed by atoms with Crippen LogP contribution in [0.2, 0.25) is 39.3 Å². The van der Waals surface area contributed by atoms with E-state index in [1.807, 2.05) is 13.8 Å². The summed E-state index contributed by atoms with van der Waals surface area (Å²) in [6.07, 6.45) is 0.789. The second kappa shape index (κ2) is 6.21. The van der Waals surface area contributed by atoms with Crippen LogP contribution in [0.4, 0.5) is 0 Å². The molecule has 0 aliphatic carbocycles. The van der Waals surface area contributed by atoms with Gasteiger partial charge in [0.1, 0.15) is 0 Å². The van der Waals surface area contributed by atoms with E-state index in [9.17, 15) is 4.46 Å². The second-order valence-corrected chi connectivity index (χ2v) is 17.6. The summed E-state index contributed by atoms with van der Waals surface area (Å²) in [5.41, 5.74) is 0.136. The fraction of sp³-hybridized carbons (Fsp3) is 1.00. The van der Waals surface area contributed by atoms with Gasteiger partial charge in [0.15, 0.2) is 8.32 Å². The van der Waals surface area contributed by atoms with Crippen LogP contribution in [0, 0.1) is 0 Å². The van der Waals surface area contributed by atoms with Crippen LogP contribution in [-0.2, 0) is 13.3 Å². The third-order valence-corrected chi connectivity index (χ3v) is 9.92. The van der Waals surface area contributed by atoms with Gasteiger partial charge in [-0.3, -0.25) is 0 Å². The van der Waals surface area contributed by atoms with Crippen LogP contribution >= 0.6 is 0 Å². The van der Waals surface area contributed by atoms with E-state index < -0.39 is 30.5 Å². The predicted molar refractivity (Wildman–Crippen MR) is 83.5 cm³/mol. The van der Waals surface area contributed by atoms with Crippen LogP contribution < -0.4 is 0 Å². The van der Waals surface area contributed by atoms with Crippen LogP contribution in [0.3, 0.4) is 0 Å². The third-order valence-electron chi connectivity index (χ3n) is 3.42. The molecule has 0 heterocycles. The highest BCUT2D eigenvalue weighted by molar-refractivity contribution is 6.76. The molecule has 0 saturated carbocycles. The minimum Gasteiger partial charge on any atom is -0.415 e. The zero-order valence-electron chi connectivity index (χ0n) is 13.5. The van der Waals surface area contributed by atoms with Crippen LogP contribution in [-0.4, -0.2) is 36.3 Å². The summed E-state index contributed by atoms with van der Waals surface area (Å²) in [6, 6.07) is 0. The lowest BCUT2D eigenvalue weighted by Crippen LogP contribution is -2.55. The van der Waals surface area contributed by atoms with Gasteiger partial charge in [0.25, 0.3) is 0 Å². The lowest BCUT2D eigenvalue weighted by atomic mass is 10.3. The van der Waals surface area contributed by atoms with E-state index >= 15 is 0 Å². The fourth-order valence-corrected chi connectivity index (χ4v) is 8.32. The molecule has 0 aromatic carbocycles. The molecule has 0 aliphatic rings. The molecule has 108 valence electrons. The predicted octanol–water partition coefficient (Wildman–Crippen LogP) is 3.75. The van der Waals surface area contributed by atoms with Crippen molar-refractivity contribution in [1.82, 2.24) is 0 Å². The van der Waals surface area contributed by atoms with Gasteiger partial charge in [-0.15, -0.1) is 0 Å². The van der Waals surface area contributed by atoms with Crippen LogP contribution in [0.1, 0.15) is 27.2 Å². The van der Waals surface area contributed by atoms with E-state index in [1.54, 1.807) is 6.55 Å². The summed E-state index contributed by atoms with van der Waals surface area (Å²) in [5.74, 6) is 0. The molecule has 18 heavy (non-hydrogen) atoms. The van der Waals surface area contributed by atoms with Crippen molar-refractivity contribution >= 4 is 25.3 Å². The molecule has 0 unspecified atom stereocenters. The van der Waals surface area contributed by atoms with E-state index in [0.29, 0.717) is 0 Å². The Balaban J connectivity index is 4.88. The molecular weight excluding hydrogens is 276 g/mol. The van der Waals surface area contributed by atoms with Crippen molar-refractivity contribution in [2.75, 3.05) is 0 Å². The molecule has 0 fully saturated rings. The average Bonchev–Trinajstić information content (AvgIpc) is 2.13. The Bertz CT molecular complexity index is 299. The first-order valence-corrected chi connectivity index (χ1v) is 15.0. The summed E-state index contributed by atoms with van der Waals surface area (Å²) in [4.78, 5) is 0. The van der Waals surface area contributed by atoms with Gasteiger partial charge in [-0.05, 0) is 59.6 Å². The molecule has 2 atom stereocenters. The van der Waals surface area contributed by atoms with Crippen molar-refractivity contribution in [2.24, 2.45) is 0 Å². The first kappa shape index (κ1) is 18.4. The van der Waals surface area contributed by atoms with Gasteiger partial charge >= 0.3 is 8.68 Å². The maximum atomic E-state index is 11.9. The van der Waals surface area contributed by atoms with Gasteiger partial charge in [0.2, 0.25) is 8.32 Å². The van der Waals surface area contributed by atoms with Gasteiger partial charge < -0.3 is 13.3 Å². The van der Waals surface area contributed by atoms with Gasteiger partial charge in [-0.1, -0.05) is 6.92 Å². The molecule has 0 aromatic heterocycles. The van der Waals surface area contributed by atoms with Crippen molar-refractivity contribution in [2.45, 2.75) is 77.4 Å². The first-order chi connectivity index (χ1) is 7.84. The van der Waals surface area contributed by atoms with Crippen LogP contribution in [0.5, 0.6) is 0 Å². The van der Waals surface area contributed by atoms with Crippen molar-refractivity contribution in [3.63, 3.8) is 0 Å². The Morgan fingerprint density at radius 2 is 1.67 bits per heavy atom. The summed E-state index contributed by atoms with van der Waals surface area (Å²) in [6.45, 7) is 18.8. The Hall–Kier alpha value is 0.371. The molecule has 0 aromatic rings. The van der Waals surface area contributed by atoms with Gasteiger partial charge in [-0.2, -0.15) is 0 Å². The van der Waals surface area contributed by atoms with E-state index in [0.717, 1.165) is 6.42 Å². The van der Waals surface area contributed by atoms with Crippen LogP contribution in [0.15, 0.2) is 0 Å². The van der Waals surface area contributed by atoms with Gasteiger partial charge in [-0.25, -0.2) is 0 Å². The van der Waals surface area contributed by atoms with E-state index in [1.165, 1.54) is 0 Å². The lowest BCUT2D eigenvalue weighted by molar-refractivity contribution is 0.123. The quantitative estimate of drug-likeness (QED) is 0.672. The molecule has 3 nitrogen and oxygen atoms in total. The maximum absolute atomic E-state index is 11.9. The summed E-state index contributed by atoms with van der Waals surface area (Å²) in [7, 11) is -5.27. The highest BCUT2D eigenvalue weighted by Gasteiger charge is 2.42. The fourth-order valence-electron chi connectivity index (χ4n) is 1.73. The number of rotatable bonds is 7. The van der Waals surface area contributed by atoms with Crippen molar-refractivity contribution in [3.05, 3.63) is 0 Å². The topological polar surface area (TPSA) is 35.5 Å².